The van der Waals surface area contributed by atoms with Gasteiger partial charge in [0.25, 0.3) is 5.91 Å². The molecule has 6 heteroatoms. The zero-order chi connectivity index (χ0) is 19.2. The molecule has 0 aliphatic carbocycles. The van der Waals surface area contributed by atoms with Gasteiger partial charge in [0.1, 0.15) is 0 Å². The van der Waals surface area contributed by atoms with Crippen molar-refractivity contribution in [1.29, 1.82) is 0 Å². The van der Waals surface area contributed by atoms with E-state index in [1.165, 1.54) is 11.8 Å². The van der Waals surface area contributed by atoms with Crippen molar-refractivity contribution in [2.24, 2.45) is 0 Å². The van der Waals surface area contributed by atoms with Gasteiger partial charge in [-0.2, -0.15) is 0 Å². The Morgan fingerprint density at radius 1 is 1.19 bits per heavy atom. The molecule has 1 unspecified atom stereocenters. The smallest absolute Gasteiger partial charge is 0.255 e. The predicted octanol–water partition coefficient (Wildman–Crippen LogP) is 3.16. The van der Waals surface area contributed by atoms with E-state index in [0.29, 0.717) is 5.56 Å². The van der Waals surface area contributed by atoms with Gasteiger partial charge in [-0.1, -0.05) is 29.8 Å². The van der Waals surface area contributed by atoms with E-state index in [9.17, 15) is 9.59 Å². The first-order valence-electron chi connectivity index (χ1n) is 9.11. The van der Waals surface area contributed by atoms with Crippen molar-refractivity contribution < 1.29 is 9.59 Å². The Hall–Kier alpha value is -2.31. The van der Waals surface area contributed by atoms with Gasteiger partial charge in [-0.25, -0.2) is 0 Å². The number of nitrogens with zero attached hydrogens (tertiary/aromatic N) is 1. The second-order valence-corrected chi connectivity index (χ2v) is 7.78. The summed E-state index contributed by atoms with van der Waals surface area (Å²) in [7, 11) is 1.85. The Bertz CT molecular complexity index is 801. The van der Waals surface area contributed by atoms with E-state index in [-0.39, 0.29) is 23.6 Å². The molecule has 0 bridgehead atoms. The van der Waals surface area contributed by atoms with Crippen LogP contribution in [0.1, 0.15) is 22.3 Å². The molecule has 5 nitrogen and oxygen atoms in total. The zero-order valence-electron chi connectivity index (χ0n) is 15.7. The van der Waals surface area contributed by atoms with E-state index in [1.54, 1.807) is 0 Å². The average Bonchev–Trinajstić information content (AvgIpc) is 3.22. The molecule has 3 rings (SSSR count). The van der Waals surface area contributed by atoms with Gasteiger partial charge in [-0.15, -0.1) is 11.8 Å². The number of likely N-dealkylation sites (N-methyl/N-ethyl adjacent to an activating group) is 1. The molecule has 1 aliphatic heterocycles. The molecular weight excluding hydrogens is 358 g/mol. The molecule has 1 heterocycles. The lowest BCUT2D eigenvalue weighted by Gasteiger charge is -2.24. The highest BCUT2D eigenvalue weighted by Crippen LogP contribution is 2.25. The number of anilines is 1. The Morgan fingerprint density at radius 2 is 1.93 bits per heavy atom. The maximum atomic E-state index is 12.9. The molecule has 1 saturated heterocycles. The molecule has 27 heavy (non-hydrogen) atoms. The molecule has 1 atom stereocenters. The normalized spacial score (nSPS) is 16.1. The van der Waals surface area contributed by atoms with Crippen molar-refractivity contribution in [3.63, 3.8) is 0 Å². The van der Waals surface area contributed by atoms with Crippen molar-refractivity contribution >= 4 is 29.3 Å². The third-order valence-corrected chi connectivity index (χ3v) is 5.79. The third-order valence-electron chi connectivity index (χ3n) is 4.71. The van der Waals surface area contributed by atoms with Crippen LogP contribution in [0.4, 0.5) is 5.69 Å². The van der Waals surface area contributed by atoms with Crippen LogP contribution in [0.2, 0.25) is 0 Å². The fraction of sp³-hybridized carbons (Fsp3) is 0.333. The Balaban J connectivity index is 1.62. The van der Waals surface area contributed by atoms with Crippen molar-refractivity contribution in [2.75, 3.05) is 31.2 Å². The minimum Gasteiger partial charge on any atom is -0.337 e. The lowest BCUT2D eigenvalue weighted by atomic mass is 10.1. The molecule has 142 valence electrons. The summed E-state index contributed by atoms with van der Waals surface area (Å²) in [6, 6.07) is 15.4. The summed E-state index contributed by atoms with van der Waals surface area (Å²) >= 11 is 1.39. The molecule has 0 spiro atoms. The number of rotatable bonds is 6. The Kier molecular flexibility index (Phi) is 6.53. The van der Waals surface area contributed by atoms with Crippen molar-refractivity contribution in [3.8, 4) is 0 Å². The summed E-state index contributed by atoms with van der Waals surface area (Å²) in [6.07, 6.45) is 0.969. The molecule has 1 aliphatic rings. The lowest BCUT2D eigenvalue weighted by Crippen LogP contribution is -2.38. The maximum absolute atomic E-state index is 12.9. The number of benzene rings is 2. The van der Waals surface area contributed by atoms with Crippen LogP contribution in [-0.4, -0.2) is 48.6 Å². The van der Waals surface area contributed by atoms with E-state index < -0.39 is 0 Å². The first-order chi connectivity index (χ1) is 13.0. The summed E-state index contributed by atoms with van der Waals surface area (Å²) in [5.74, 6) is 0.178. The Labute approximate surface area is 164 Å². The molecule has 0 radical (unpaired) electrons. The fourth-order valence-electron chi connectivity index (χ4n) is 3.07. The van der Waals surface area contributed by atoms with Gasteiger partial charge in [0.15, 0.2) is 0 Å². The van der Waals surface area contributed by atoms with E-state index >= 15 is 0 Å². The van der Waals surface area contributed by atoms with Crippen LogP contribution >= 0.6 is 11.8 Å². The quantitative estimate of drug-likeness (QED) is 0.753. The number of aryl methyl sites for hydroxylation is 1. The summed E-state index contributed by atoms with van der Waals surface area (Å²) < 4.78 is 0. The second-order valence-electron chi connectivity index (χ2n) is 6.76. The van der Waals surface area contributed by atoms with Crippen LogP contribution in [0.25, 0.3) is 0 Å². The molecule has 0 saturated carbocycles. The molecule has 2 aromatic carbocycles. The number of amides is 2. The van der Waals surface area contributed by atoms with Gasteiger partial charge >= 0.3 is 0 Å². The summed E-state index contributed by atoms with van der Waals surface area (Å²) in [5.41, 5.74) is 2.58. The van der Waals surface area contributed by atoms with Crippen LogP contribution in [0, 0.1) is 6.92 Å². The first-order valence-corrected chi connectivity index (χ1v) is 10.1. The predicted molar refractivity (Wildman–Crippen MR) is 110 cm³/mol. The maximum Gasteiger partial charge on any atom is 0.255 e. The molecule has 2 N–H and O–H groups in total. The summed E-state index contributed by atoms with van der Waals surface area (Å²) in [4.78, 5) is 27.8. The van der Waals surface area contributed by atoms with Crippen molar-refractivity contribution in [2.45, 2.75) is 24.3 Å². The minimum atomic E-state index is -0.0838. The standard InChI is InChI=1S/C21H25N3O2S/c1-15-7-9-16(10-8-15)23-20(25)14-27-19-6-4-3-5-18(19)21(26)24(2)17-11-12-22-13-17/h3-10,17,22H,11-14H2,1-2H3,(H,23,25). The largest absolute Gasteiger partial charge is 0.337 e. The van der Waals surface area contributed by atoms with Crippen molar-refractivity contribution in [1.82, 2.24) is 10.2 Å². The fourth-order valence-corrected chi connectivity index (χ4v) is 3.92. The highest BCUT2D eigenvalue weighted by atomic mass is 32.2. The first kappa shape index (κ1) is 19.5. The summed E-state index contributed by atoms with van der Waals surface area (Å²) in [6.45, 7) is 3.78. The van der Waals surface area contributed by atoms with E-state index in [4.69, 9.17) is 0 Å². The van der Waals surface area contributed by atoms with Crippen LogP contribution in [0.15, 0.2) is 53.4 Å². The van der Waals surface area contributed by atoms with Crippen LogP contribution < -0.4 is 10.6 Å². The number of thioether (sulfide) groups is 1. The van der Waals surface area contributed by atoms with Gasteiger partial charge in [-0.05, 0) is 44.2 Å². The van der Waals surface area contributed by atoms with Crippen molar-refractivity contribution in [3.05, 3.63) is 59.7 Å². The molecule has 0 aromatic heterocycles. The average molecular weight is 384 g/mol. The van der Waals surface area contributed by atoms with Gasteiger partial charge in [0.2, 0.25) is 5.91 Å². The third kappa shape index (κ3) is 5.11. The van der Waals surface area contributed by atoms with Gasteiger partial charge < -0.3 is 15.5 Å². The molecule has 2 amide bonds. The van der Waals surface area contributed by atoms with Gasteiger partial charge in [0.05, 0.1) is 11.3 Å². The molecular formula is C21H25N3O2S. The number of nitrogens with one attached hydrogen (secondary N) is 2. The topological polar surface area (TPSA) is 61.4 Å². The van der Waals surface area contributed by atoms with Crippen LogP contribution in [-0.2, 0) is 4.79 Å². The van der Waals surface area contributed by atoms with E-state index in [2.05, 4.69) is 10.6 Å². The van der Waals surface area contributed by atoms with Gasteiger partial charge in [-0.3, -0.25) is 9.59 Å². The number of hydrogen-bond acceptors (Lipinski definition) is 4. The monoisotopic (exact) mass is 383 g/mol. The lowest BCUT2D eigenvalue weighted by molar-refractivity contribution is -0.113. The Morgan fingerprint density at radius 3 is 2.63 bits per heavy atom. The van der Waals surface area contributed by atoms with E-state index in [0.717, 1.165) is 35.7 Å². The van der Waals surface area contributed by atoms with Crippen LogP contribution in [0.3, 0.4) is 0 Å². The summed E-state index contributed by atoms with van der Waals surface area (Å²) in [5, 5.41) is 6.18. The number of carbonyl (C=O) groups is 2. The zero-order valence-corrected chi connectivity index (χ0v) is 16.5. The number of carbonyl (C=O) groups excluding carboxylic acids is 2. The van der Waals surface area contributed by atoms with E-state index in [1.807, 2.05) is 67.4 Å². The highest BCUT2D eigenvalue weighted by Gasteiger charge is 2.25. The minimum absolute atomic E-state index is 0.00532. The highest BCUT2D eigenvalue weighted by molar-refractivity contribution is 8.00. The SMILES string of the molecule is Cc1ccc(NC(=O)CSc2ccccc2C(=O)N(C)C2CCNC2)cc1. The number of hydrogen-bond donors (Lipinski definition) is 2. The molecule has 2 aromatic rings. The van der Waals surface area contributed by atoms with Crippen LogP contribution in [0.5, 0.6) is 0 Å². The molecule has 1 fully saturated rings. The second kappa shape index (κ2) is 9.06. The van der Waals surface area contributed by atoms with Gasteiger partial charge in [0, 0.05) is 30.2 Å².